The summed E-state index contributed by atoms with van der Waals surface area (Å²) in [7, 11) is 0. The van der Waals surface area contributed by atoms with Gasteiger partial charge in [-0.25, -0.2) is 4.79 Å². The summed E-state index contributed by atoms with van der Waals surface area (Å²) in [4.78, 5) is 40.6. The van der Waals surface area contributed by atoms with Gasteiger partial charge in [-0.2, -0.15) is 18.3 Å². The van der Waals surface area contributed by atoms with E-state index < -0.39 is 18.1 Å². The number of ether oxygens (including phenoxy) is 1. The molecule has 10 nitrogen and oxygen atoms in total. The SMILES string of the molecule is O=CN1CC2(C1)CN(C(=O)c1cnn(Cc3ccccc3C(=O)O)c1)CC2COCc1cccc(C2CCC(C(F)(F)F)CC2)c1C1CCNCC1. The number of carboxylic acid groups (broad SMARTS) is 1. The Bertz CT molecular complexity index is 1760. The normalized spacial score (nSPS) is 23.5. The van der Waals surface area contributed by atoms with E-state index in [1.165, 1.54) is 23.4 Å². The smallest absolute Gasteiger partial charge is 0.391 e. The number of aromatic nitrogens is 2. The molecule has 0 bridgehead atoms. The Labute approximate surface area is 301 Å². The fourth-order valence-corrected chi connectivity index (χ4v) is 9.16. The molecule has 7 rings (SSSR count). The van der Waals surface area contributed by atoms with E-state index in [0.717, 1.165) is 37.9 Å². The number of alkyl halides is 3. The van der Waals surface area contributed by atoms with Crippen LogP contribution in [0.4, 0.5) is 13.2 Å². The molecule has 4 fully saturated rings. The van der Waals surface area contributed by atoms with Crippen LogP contribution in [0.3, 0.4) is 0 Å². The Morgan fingerprint density at radius 2 is 1.69 bits per heavy atom. The lowest BCUT2D eigenvalue weighted by molar-refractivity contribution is -0.182. The fourth-order valence-electron chi connectivity index (χ4n) is 9.16. The monoisotopic (exact) mass is 721 g/mol. The van der Waals surface area contributed by atoms with Crippen molar-refractivity contribution in [2.24, 2.45) is 17.3 Å². The van der Waals surface area contributed by atoms with Gasteiger partial charge in [0.15, 0.2) is 0 Å². The number of carbonyl (C=O) groups is 3. The Morgan fingerprint density at radius 3 is 2.40 bits per heavy atom. The van der Waals surface area contributed by atoms with Crippen LogP contribution in [0.25, 0.3) is 0 Å². The minimum Gasteiger partial charge on any atom is -0.478 e. The number of amides is 2. The van der Waals surface area contributed by atoms with E-state index in [1.54, 1.807) is 38.9 Å². The number of hydrogen-bond acceptors (Lipinski definition) is 6. The molecule has 2 aromatic carbocycles. The summed E-state index contributed by atoms with van der Waals surface area (Å²) >= 11 is 0. The zero-order chi connectivity index (χ0) is 36.5. The lowest BCUT2D eigenvalue weighted by Crippen LogP contribution is -2.60. The maximum atomic E-state index is 13.8. The molecule has 13 heteroatoms. The number of aromatic carboxylic acids is 1. The highest BCUT2D eigenvalue weighted by atomic mass is 19.4. The first-order chi connectivity index (χ1) is 25.0. The van der Waals surface area contributed by atoms with Crippen LogP contribution in [-0.2, 0) is 22.7 Å². The first-order valence-electron chi connectivity index (χ1n) is 18.3. The van der Waals surface area contributed by atoms with Gasteiger partial charge in [-0.1, -0.05) is 36.4 Å². The Morgan fingerprint density at radius 1 is 0.962 bits per heavy atom. The Kier molecular flexibility index (Phi) is 10.4. The van der Waals surface area contributed by atoms with Crippen molar-refractivity contribution in [3.05, 3.63) is 88.2 Å². The number of carbonyl (C=O) groups excluding carboxylic acids is 2. The van der Waals surface area contributed by atoms with Crippen LogP contribution in [0, 0.1) is 17.3 Å². The minimum absolute atomic E-state index is 0.00621. The molecule has 1 atom stereocenters. The van der Waals surface area contributed by atoms with Crippen molar-refractivity contribution >= 4 is 18.3 Å². The van der Waals surface area contributed by atoms with Gasteiger partial charge in [0, 0.05) is 43.7 Å². The van der Waals surface area contributed by atoms with Crippen molar-refractivity contribution in [1.82, 2.24) is 24.9 Å². The van der Waals surface area contributed by atoms with Crippen LogP contribution < -0.4 is 5.32 Å². The van der Waals surface area contributed by atoms with E-state index in [9.17, 15) is 32.7 Å². The van der Waals surface area contributed by atoms with E-state index in [1.807, 2.05) is 6.07 Å². The van der Waals surface area contributed by atoms with E-state index in [0.29, 0.717) is 69.3 Å². The number of carboxylic acids is 1. The summed E-state index contributed by atoms with van der Waals surface area (Å²) in [6.07, 6.45) is 3.17. The van der Waals surface area contributed by atoms with Crippen LogP contribution >= 0.6 is 0 Å². The molecule has 2 amide bonds. The van der Waals surface area contributed by atoms with Crippen molar-refractivity contribution in [2.45, 2.75) is 69.7 Å². The minimum atomic E-state index is -4.14. The van der Waals surface area contributed by atoms with Crippen LogP contribution in [0.2, 0.25) is 0 Å². The Balaban J connectivity index is 1.04. The molecular weight excluding hydrogens is 675 g/mol. The predicted octanol–water partition coefficient (Wildman–Crippen LogP) is 5.68. The van der Waals surface area contributed by atoms with Gasteiger partial charge in [-0.15, -0.1) is 0 Å². The van der Waals surface area contributed by atoms with Gasteiger partial charge in [0.2, 0.25) is 6.41 Å². The largest absolute Gasteiger partial charge is 0.478 e. The molecule has 1 saturated carbocycles. The lowest BCUT2D eigenvalue weighted by atomic mass is 9.72. The second-order valence-corrected chi connectivity index (χ2v) is 15.2. The molecule has 2 N–H and O–H groups in total. The summed E-state index contributed by atoms with van der Waals surface area (Å²) in [5.41, 5.74) is 4.39. The molecule has 52 heavy (non-hydrogen) atoms. The summed E-state index contributed by atoms with van der Waals surface area (Å²) in [5, 5.41) is 17.3. The first kappa shape index (κ1) is 36.1. The molecule has 3 aromatic rings. The van der Waals surface area contributed by atoms with E-state index in [2.05, 4.69) is 22.5 Å². The number of rotatable bonds is 11. The van der Waals surface area contributed by atoms with Crippen LogP contribution in [0.5, 0.6) is 0 Å². The molecule has 4 heterocycles. The number of halogens is 3. The number of nitrogens with one attached hydrogen (secondary N) is 1. The number of benzene rings is 2. The third kappa shape index (κ3) is 7.48. The summed E-state index contributed by atoms with van der Waals surface area (Å²) in [6, 6.07) is 12.9. The molecule has 1 unspecified atom stereocenters. The third-order valence-electron chi connectivity index (χ3n) is 11.9. The molecular formula is C39H46F3N5O5. The molecule has 1 aromatic heterocycles. The number of piperidine rings is 1. The van der Waals surface area contributed by atoms with Crippen molar-refractivity contribution in [1.29, 1.82) is 0 Å². The molecule has 1 spiro atoms. The van der Waals surface area contributed by atoms with Crippen LogP contribution in [0.1, 0.15) is 93.3 Å². The van der Waals surface area contributed by atoms with Gasteiger partial charge in [-0.05, 0) is 91.8 Å². The maximum Gasteiger partial charge on any atom is 0.391 e. The van der Waals surface area contributed by atoms with Crippen molar-refractivity contribution in [2.75, 3.05) is 45.9 Å². The van der Waals surface area contributed by atoms with Gasteiger partial charge in [0.05, 0.1) is 43.0 Å². The van der Waals surface area contributed by atoms with E-state index in [4.69, 9.17) is 4.74 Å². The highest BCUT2D eigenvalue weighted by molar-refractivity contribution is 5.94. The maximum absolute atomic E-state index is 13.8. The summed E-state index contributed by atoms with van der Waals surface area (Å²) in [6.45, 7) is 4.79. The zero-order valence-electron chi connectivity index (χ0n) is 29.2. The van der Waals surface area contributed by atoms with Crippen LogP contribution in [-0.4, -0.2) is 95.0 Å². The zero-order valence-corrected chi connectivity index (χ0v) is 29.2. The molecule has 3 saturated heterocycles. The molecule has 3 aliphatic heterocycles. The highest BCUT2D eigenvalue weighted by Gasteiger charge is 2.55. The van der Waals surface area contributed by atoms with Gasteiger partial charge >= 0.3 is 12.1 Å². The molecule has 4 aliphatic rings. The summed E-state index contributed by atoms with van der Waals surface area (Å²) in [5.74, 6) is -2.02. The number of likely N-dealkylation sites (tertiary alicyclic amines) is 2. The average Bonchev–Trinajstić information content (AvgIpc) is 3.76. The fraction of sp³-hybridized carbons (Fsp3) is 0.538. The molecule has 278 valence electrons. The highest BCUT2D eigenvalue weighted by Crippen LogP contribution is 2.47. The number of nitrogens with zero attached hydrogens (tertiary/aromatic N) is 4. The topological polar surface area (TPSA) is 117 Å². The molecule has 1 aliphatic carbocycles. The third-order valence-corrected chi connectivity index (χ3v) is 11.9. The second-order valence-electron chi connectivity index (χ2n) is 15.2. The van der Waals surface area contributed by atoms with Crippen molar-refractivity contribution in [3.63, 3.8) is 0 Å². The van der Waals surface area contributed by atoms with E-state index >= 15 is 0 Å². The molecule has 0 radical (unpaired) electrons. The standard InChI is InChI=1S/C39H46F3N5O5/c40-39(41,42)31-10-8-26(9-11-31)33-7-3-5-29(35(33)27-12-14-43-15-13-27)20-52-21-32-19-46(24-38(32)22-45(23-38)25-48)36(49)30-16-44-47(18-30)17-28-4-1-2-6-34(28)37(50)51/h1-7,16,18,25-27,31-32,43H,8-15,17,19-24H2,(H,50,51). The van der Waals surface area contributed by atoms with Crippen molar-refractivity contribution < 1.29 is 37.4 Å². The van der Waals surface area contributed by atoms with Gasteiger partial charge in [-0.3, -0.25) is 14.3 Å². The first-order valence-corrected chi connectivity index (χ1v) is 18.3. The average molecular weight is 722 g/mol. The number of hydrogen-bond donors (Lipinski definition) is 2. The van der Waals surface area contributed by atoms with Gasteiger partial charge in [0.25, 0.3) is 5.91 Å². The summed E-state index contributed by atoms with van der Waals surface area (Å²) < 4.78 is 48.5. The van der Waals surface area contributed by atoms with E-state index in [-0.39, 0.29) is 48.1 Å². The predicted molar refractivity (Wildman–Crippen MR) is 186 cm³/mol. The van der Waals surface area contributed by atoms with Gasteiger partial charge in [0.1, 0.15) is 0 Å². The lowest BCUT2D eigenvalue weighted by Gasteiger charge is -2.49. The van der Waals surface area contributed by atoms with Crippen molar-refractivity contribution in [3.8, 4) is 0 Å². The Hall–Kier alpha value is -4.23. The van der Waals surface area contributed by atoms with Crippen LogP contribution in [0.15, 0.2) is 54.9 Å². The quantitative estimate of drug-likeness (QED) is 0.245. The van der Waals surface area contributed by atoms with Gasteiger partial charge < -0.3 is 25.0 Å². The second kappa shape index (κ2) is 15.0.